The Morgan fingerprint density at radius 3 is 2.36 bits per heavy atom. The van der Waals surface area contributed by atoms with E-state index in [-0.39, 0.29) is 12.4 Å². The smallest absolute Gasteiger partial charge is 0.223 e. The van der Waals surface area contributed by atoms with Gasteiger partial charge >= 0.3 is 0 Å². The monoisotopic (exact) mass is 310 g/mol. The summed E-state index contributed by atoms with van der Waals surface area (Å²) in [5.41, 5.74) is 0.753. The molecule has 5 heteroatoms. The molecule has 0 radical (unpaired) electrons. The van der Waals surface area contributed by atoms with Crippen LogP contribution in [0, 0.1) is 0 Å². The van der Waals surface area contributed by atoms with Crippen molar-refractivity contribution in [2.45, 2.75) is 65.1 Å². The lowest BCUT2D eigenvalue weighted by Gasteiger charge is -2.21. The number of hydrogen-bond donors (Lipinski definition) is 2. The topological polar surface area (TPSA) is 65.7 Å². The Morgan fingerprint density at radius 1 is 1.14 bits per heavy atom. The quantitative estimate of drug-likeness (QED) is 0.652. The van der Waals surface area contributed by atoms with Crippen LogP contribution >= 0.6 is 0 Å². The van der Waals surface area contributed by atoms with E-state index in [1.54, 1.807) is 0 Å². The molecular weight excluding hydrogens is 280 g/mol. The maximum atomic E-state index is 11.8. The summed E-state index contributed by atoms with van der Waals surface area (Å²) in [5, 5.41) is 19.6. The van der Waals surface area contributed by atoms with Gasteiger partial charge in [-0.3, -0.25) is 4.79 Å². The molecule has 1 aromatic rings. The Kier molecular flexibility index (Phi) is 8.20. The van der Waals surface area contributed by atoms with Crippen LogP contribution < -0.4 is 5.43 Å². The molecule has 2 N–H and O–H groups in total. The van der Waals surface area contributed by atoms with Crippen LogP contribution in [0.3, 0.4) is 0 Å². The fourth-order valence-electron chi connectivity index (χ4n) is 2.66. The Hall–Kier alpha value is -1.33. The van der Waals surface area contributed by atoms with Gasteiger partial charge in [0.25, 0.3) is 0 Å². The molecule has 1 rings (SSSR count). The minimum absolute atomic E-state index is 0.189. The fraction of sp³-hybridized carbons (Fsp3) is 0.706. The Morgan fingerprint density at radius 2 is 1.77 bits per heavy atom. The molecule has 0 fully saturated rings. The summed E-state index contributed by atoms with van der Waals surface area (Å²) in [5.74, 6) is -0.197. The lowest BCUT2D eigenvalue weighted by molar-refractivity contribution is 0.263. The average Bonchev–Trinajstić information content (AvgIpc) is 2.48. The number of rotatable bonds is 10. The molecule has 0 aliphatic carbocycles. The first-order chi connectivity index (χ1) is 10.5. The standard InChI is InChI=1S/C17H30N2O3/c1-4-5-6-7-8-9-10-19-14(13-20)11-16(21)17(22)15(19)12-18(2)3/h11,20,22H,4-10,12-13H2,1-3H3. The highest BCUT2D eigenvalue weighted by Gasteiger charge is 2.15. The maximum absolute atomic E-state index is 11.8. The molecule has 0 spiro atoms. The molecule has 126 valence electrons. The van der Waals surface area contributed by atoms with Gasteiger partial charge in [0.2, 0.25) is 5.43 Å². The molecule has 0 aliphatic rings. The van der Waals surface area contributed by atoms with Crippen molar-refractivity contribution in [3.63, 3.8) is 0 Å². The molecule has 1 aromatic heterocycles. The van der Waals surface area contributed by atoms with Crippen molar-refractivity contribution in [2.75, 3.05) is 14.1 Å². The summed E-state index contributed by atoms with van der Waals surface area (Å²) in [6.07, 6.45) is 7.07. The molecule has 0 saturated carbocycles. The number of pyridine rings is 1. The molecule has 1 heterocycles. The van der Waals surface area contributed by atoms with Crippen molar-refractivity contribution in [3.05, 3.63) is 27.7 Å². The van der Waals surface area contributed by atoms with E-state index in [1.807, 2.05) is 23.6 Å². The average molecular weight is 310 g/mol. The number of aromatic nitrogens is 1. The highest BCUT2D eigenvalue weighted by Crippen LogP contribution is 2.18. The largest absolute Gasteiger partial charge is 0.503 e. The van der Waals surface area contributed by atoms with Gasteiger partial charge < -0.3 is 19.7 Å². The molecule has 0 saturated heterocycles. The highest BCUT2D eigenvalue weighted by atomic mass is 16.3. The van der Waals surface area contributed by atoms with Crippen LogP contribution in [-0.4, -0.2) is 33.8 Å². The zero-order valence-corrected chi connectivity index (χ0v) is 14.1. The van der Waals surface area contributed by atoms with Gasteiger partial charge in [0, 0.05) is 24.8 Å². The number of aliphatic hydroxyl groups is 1. The van der Waals surface area contributed by atoms with Gasteiger partial charge in [0.1, 0.15) is 0 Å². The van der Waals surface area contributed by atoms with Crippen molar-refractivity contribution in [3.8, 4) is 5.75 Å². The van der Waals surface area contributed by atoms with Gasteiger partial charge in [-0.1, -0.05) is 39.0 Å². The highest BCUT2D eigenvalue weighted by molar-refractivity contribution is 5.30. The van der Waals surface area contributed by atoms with Crippen molar-refractivity contribution >= 4 is 0 Å². The van der Waals surface area contributed by atoms with Crippen LogP contribution in [0.15, 0.2) is 10.9 Å². The van der Waals surface area contributed by atoms with Crippen LogP contribution in [0.5, 0.6) is 5.75 Å². The van der Waals surface area contributed by atoms with E-state index >= 15 is 0 Å². The zero-order chi connectivity index (χ0) is 16.5. The van der Waals surface area contributed by atoms with Crippen LogP contribution in [0.1, 0.15) is 56.8 Å². The van der Waals surface area contributed by atoms with E-state index in [0.717, 1.165) is 19.4 Å². The first-order valence-electron chi connectivity index (χ1n) is 8.21. The predicted molar refractivity (Wildman–Crippen MR) is 89.1 cm³/mol. The zero-order valence-electron chi connectivity index (χ0n) is 14.1. The summed E-state index contributed by atoms with van der Waals surface area (Å²) < 4.78 is 1.90. The van der Waals surface area contributed by atoms with Crippen LogP contribution in [-0.2, 0) is 19.7 Å². The predicted octanol–water partition coefficient (Wildman–Crippen LogP) is 2.47. The van der Waals surface area contributed by atoms with Crippen molar-refractivity contribution in [1.29, 1.82) is 0 Å². The first kappa shape index (κ1) is 18.7. The third-order valence-electron chi connectivity index (χ3n) is 3.84. The Bertz CT molecular complexity index is 509. The Labute approximate surface area is 133 Å². The number of hydrogen-bond acceptors (Lipinski definition) is 4. The van der Waals surface area contributed by atoms with Crippen molar-refractivity contribution in [1.82, 2.24) is 9.47 Å². The second-order valence-corrected chi connectivity index (χ2v) is 6.11. The molecular formula is C17H30N2O3. The summed E-state index contributed by atoms with van der Waals surface area (Å²) in [7, 11) is 3.79. The maximum Gasteiger partial charge on any atom is 0.223 e. The van der Waals surface area contributed by atoms with E-state index in [9.17, 15) is 15.0 Å². The minimum atomic E-state index is -0.417. The summed E-state index contributed by atoms with van der Waals surface area (Å²) in [4.78, 5) is 13.7. The lowest BCUT2D eigenvalue weighted by Crippen LogP contribution is -2.23. The second kappa shape index (κ2) is 9.64. The summed E-state index contributed by atoms with van der Waals surface area (Å²) in [6, 6.07) is 1.34. The van der Waals surface area contributed by atoms with Gasteiger partial charge in [-0.05, 0) is 20.5 Å². The van der Waals surface area contributed by atoms with Gasteiger partial charge in [-0.25, -0.2) is 0 Å². The molecule has 5 nitrogen and oxygen atoms in total. The van der Waals surface area contributed by atoms with Crippen molar-refractivity contribution < 1.29 is 10.2 Å². The Balaban J connectivity index is 2.85. The normalized spacial score (nSPS) is 11.3. The van der Waals surface area contributed by atoms with E-state index in [1.165, 1.54) is 31.7 Å². The van der Waals surface area contributed by atoms with Crippen LogP contribution in [0.25, 0.3) is 0 Å². The first-order valence-corrected chi connectivity index (χ1v) is 8.21. The SMILES string of the molecule is CCCCCCCCn1c(CO)cc(=O)c(O)c1CN(C)C. The van der Waals surface area contributed by atoms with E-state index in [4.69, 9.17) is 0 Å². The molecule has 22 heavy (non-hydrogen) atoms. The third kappa shape index (κ3) is 5.46. The van der Waals surface area contributed by atoms with Gasteiger partial charge in [0.15, 0.2) is 5.75 Å². The lowest BCUT2D eigenvalue weighted by atomic mass is 10.1. The molecule has 0 amide bonds. The number of unbranched alkanes of at least 4 members (excludes halogenated alkanes) is 5. The van der Waals surface area contributed by atoms with E-state index in [2.05, 4.69) is 6.92 Å². The van der Waals surface area contributed by atoms with Crippen LogP contribution in [0.2, 0.25) is 0 Å². The van der Waals surface area contributed by atoms with Crippen LogP contribution in [0.4, 0.5) is 0 Å². The van der Waals surface area contributed by atoms with Crippen molar-refractivity contribution in [2.24, 2.45) is 0 Å². The van der Waals surface area contributed by atoms with Gasteiger partial charge in [-0.15, -0.1) is 0 Å². The van der Waals surface area contributed by atoms with E-state index in [0.29, 0.717) is 17.9 Å². The third-order valence-corrected chi connectivity index (χ3v) is 3.84. The molecule has 0 aromatic carbocycles. The fourth-order valence-corrected chi connectivity index (χ4v) is 2.66. The van der Waals surface area contributed by atoms with E-state index < -0.39 is 5.43 Å². The summed E-state index contributed by atoms with van der Waals surface area (Å²) >= 11 is 0. The molecule has 0 bridgehead atoms. The molecule has 0 atom stereocenters. The van der Waals surface area contributed by atoms with Gasteiger partial charge in [0.05, 0.1) is 12.3 Å². The number of nitrogens with zero attached hydrogens (tertiary/aromatic N) is 2. The molecule has 0 aliphatic heterocycles. The van der Waals surface area contributed by atoms with Gasteiger partial charge in [-0.2, -0.15) is 0 Å². The minimum Gasteiger partial charge on any atom is -0.503 e. The molecule has 0 unspecified atom stereocenters. The summed E-state index contributed by atoms with van der Waals surface area (Å²) in [6.45, 7) is 3.21. The number of aromatic hydroxyl groups is 1. The number of aliphatic hydroxyl groups excluding tert-OH is 1. The second-order valence-electron chi connectivity index (χ2n) is 6.11.